The molecule has 1 heterocycles. The summed E-state index contributed by atoms with van der Waals surface area (Å²) < 4.78 is 0. The molecule has 1 atom stereocenters. The van der Waals surface area contributed by atoms with E-state index in [9.17, 15) is 9.59 Å². The molecular weight excluding hydrogens is 144 g/mol. The number of amides is 1. The number of nitrogens with two attached hydrogens (primary N) is 1. The third-order valence-corrected chi connectivity index (χ3v) is 1.88. The highest BCUT2D eigenvalue weighted by molar-refractivity contribution is 5.81. The van der Waals surface area contributed by atoms with Crippen LogP contribution in [0.25, 0.3) is 0 Å². The molecule has 0 aromatic rings. The summed E-state index contributed by atoms with van der Waals surface area (Å²) in [6.07, 6.45) is 3.44. The first-order valence-electron chi connectivity index (χ1n) is 3.67. The van der Waals surface area contributed by atoms with Crippen molar-refractivity contribution >= 4 is 12.2 Å². The largest absolute Gasteiger partial charge is 0.331 e. The van der Waals surface area contributed by atoms with Gasteiger partial charge in [0.1, 0.15) is 0 Å². The smallest absolute Gasteiger partial charge is 0.236 e. The second kappa shape index (κ2) is 3.48. The number of nitrogens with zero attached hydrogens (tertiary/aromatic N) is 1. The average molecular weight is 155 g/mol. The topological polar surface area (TPSA) is 63.4 Å². The summed E-state index contributed by atoms with van der Waals surface area (Å²) in [5.41, 5.74) is 5.15. The lowest BCUT2D eigenvalue weighted by molar-refractivity contribution is -0.129. The van der Waals surface area contributed by atoms with Crippen molar-refractivity contribution in [1.82, 2.24) is 4.90 Å². The van der Waals surface area contributed by atoms with E-state index in [-0.39, 0.29) is 18.5 Å². The van der Waals surface area contributed by atoms with E-state index in [1.54, 1.807) is 0 Å². The zero-order valence-corrected chi connectivity index (χ0v) is 6.25. The summed E-state index contributed by atoms with van der Waals surface area (Å²) in [5.74, 6) is -0.157. The number of carbonyl (C=O) groups excluding carboxylic acids is 2. The summed E-state index contributed by atoms with van der Waals surface area (Å²) >= 11 is 0. The molecule has 1 fully saturated rings. The maximum atomic E-state index is 11.0. The van der Waals surface area contributed by atoms with Crippen LogP contribution in [0.4, 0.5) is 0 Å². The molecule has 0 aromatic heterocycles. The van der Waals surface area contributed by atoms with Crippen LogP contribution in [0.3, 0.4) is 0 Å². The van der Waals surface area contributed by atoms with E-state index in [4.69, 9.17) is 5.73 Å². The predicted molar refractivity (Wildman–Crippen MR) is 39.5 cm³/mol. The molecule has 1 amide bonds. The van der Waals surface area contributed by atoms with Crippen LogP contribution in [0, 0.1) is 0 Å². The lowest BCUT2D eigenvalue weighted by Crippen LogP contribution is -2.40. The second-order valence-electron chi connectivity index (χ2n) is 2.57. The molecule has 1 saturated heterocycles. The Morgan fingerprint density at radius 1 is 1.73 bits per heavy atom. The minimum atomic E-state index is -0.342. The highest BCUT2D eigenvalue weighted by Crippen LogP contribution is 2.14. The van der Waals surface area contributed by atoms with Gasteiger partial charge in [-0.05, 0) is 12.8 Å². The molecule has 1 rings (SSSR count). The van der Waals surface area contributed by atoms with Gasteiger partial charge in [-0.2, -0.15) is 0 Å². The molecule has 11 heavy (non-hydrogen) atoms. The quantitative estimate of drug-likeness (QED) is 0.559. The molecule has 0 bridgehead atoms. The lowest BCUT2D eigenvalue weighted by atomic mass is 10.2. The van der Waals surface area contributed by atoms with E-state index in [1.165, 1.54) is 4.90 Å². The molecule has 0 saturated carbocycles. The number of hydrogen-bond acceptors (Lipinski definition) is 3. The van der Waals surface area contributed by atoms with Gasteiger partial charge in [0, 0.05) is 6.54 Å². The maximum absolute atomic E-state index is 11.0. The van der Waals surface area contributed by atoms with Gasteiger partial charge in [0.25, 0.3) is 0 Å². The standard InChI is InChI=1S/C7H11N2O2/c8-4-7(11)9-3-1-2-6(9)5-10/h6H,1-4,8H2. The summed E-state index contributed by atoms with van der Waals surface area (Å²) in [7, 11) is 0. The van der Waals surface area contributed by atoms with Gasteiger partial charge in [-0.1, -0.05) is 0 Å². The normalized spacial score (nSPS) is 23.7. The van der Waals surface area contributed by atoms with Crippen LogP contribution in [-0.2, 0) is 9.59 Å². The van der Waals surface area contributed by atoms with Crippen molar-refractivity contribution < 1.29 is 9.59 Å². The minimum absolute atomic E-state index is 0.0157. The third-order valence-electron chi connectivity index (χ3n) is 1.88. The Morgan fingerprint density at radius 3 is 3.00 bits per heavy atom. The Morgan fingerprint density at radius 2 is 2.45 bits per heavy atom. The highest BCUT2D eigenvalue weighted by atomic mass is 16.2. The van der Waals surface area contributed by atoms with Crippen LogP contribution in [0.5, 0.6) is 0 Å². The molecule has 4 heteroatoms. The molecule has 4 nitrogen and oxygen atoms in total. The highest BCUT2D eigenvalue weighted by Gasteiger charge is 2.27. The first-order chi connectivity index (χ1) is 5.29. The van der Waals surface area contributed by atoms with Gasteiger partial charge in [0.15, 0.2) is 0 Å². The van der Waals surface area contributed by atoms with Gasteiger partial charge in [-0.15, -0.1) is 0 Å². The van der Waals surface area contributed by atoms with E-state index in [0.717, 1.165) is 12.8 Å². The van der Waals surface area contributed by atoms with Crippen LogP contribution < -0.4 is 5.73 Å². The number of carbonyl (C=O) groups is 1. The molecule has 1 aliphatic rings. The Hall–Kier alpha value is -0.900. The fourth-order valence-electron chi connectivity index (χ4n) is 1.30. The molecule has 1 radical (unpaired) electrons. The van der Waals surface area contributed by atoms with E-state index >= 15 is 0 Å². The van der Waals surface area contributed by atoms with Gasteiger partial charge < -0.3 is 10.6 Å². The zero-order chi connectivity index (χ0) is 8.27. The number of hydrogen-bond donors (Lipinski definition) is 1. The number of rotatable bonds is 2. The Balaban J connectivity index is 2.56. The lowest BCUT2D eigenvalue weighted by Gasteiger charge is -2.18. The first kappa shape index (κ1) is 8.20. The maximum Gasteiger partial charge on any atom is 0.236 e. The van der Waals surface area contributed by atoms with Crippen molar-refractivity contribution in [2.45, 2.75) is 18.9 Å². The molecular formula is C7H11N2O2. The van der Waals surface area contributed by atoms with Crippen LogP contribution in [-0.4, -0.2) is 36.2 Å². The molecule has 0 aromatic carbocycles. The van der Waals surface area contributed by atoms with Crippen LogP contribution in [0.2, 0.25) is 0 Å². The van der Waals surface area contributed by atoms with Gasteiger partial charge >= 0.3 is 0 Å². The zero-order valence-electron chi connectivity index (χ0n) is 6.25. The third kappa shape index (κ3) is 1.57. The van der Waals surface area contributed by atoms with Crippen LogP contribution >= 0.6 is 0 Å². The second-order valence-corrected chi connectivity index (χ2v) is 2.57. The van der Waals surface area contributed by atoms with E-state index in [1.807, 2.05) is 6.29 Å². The van der Waals surface area contributed by atoms with Crippen LogP contribution in [0.1, 0.15) is 12.8 Å². The first-order valence-corrected chi connectivity index (χ1v) is 3.67. The Labute approximate surface area is 65.3 Å². The summed E-state index contributed by atoms with van der Waals surface area (Å²) in [6.45, 7) is 0.633. The molecule has 2 N–H and O–H groups in total. The molecule has 0 spiro atoms. The SMILES string of the molecule is NCC(=O)N1CCCC1[C]=O. The van der Waals surface area contributed by atoms with Gasteiger partial charge in [0.2, 0.25) is 12.2 Å². The monoisotopic (exact) mass is 155 g/mol. The molecule has 61 valence electrons. The number of likely N-dealkylation sites (tertiary alicyclic amines) is 1. The summed E-state index contributed by atoms with van der Waals surface area (Å²) in [5, 5.41) is 0. The van der Waals surface area contributed by atoms with Gasteiger partial charge in [-0.3, -0.25) is 9.59 Å². The minimum Gasteiger partial charge on any atom is -0.331 e. The van der Waals surface area contributed by atoms with E-state index < -0.39 is 0 Å². The Kier molecular flexibility index (Phi) is 2.59. The fraction of sp³-hybridized carbons (Fsp3) is 0.714. The van der Waals surface area contributed by atoms with Gasteiger partial charge in [0.05, 0.1) is 12.6 Å². The van der Waals surface area contributed by atoms with Gasteiger partial charge in [-0.25, -0.2) is 0 Å². The van der Waals surface area contributed by atoms with E-state index in [2.05, 4.69) is 0 Å². The molecule has 0 aliphatic carbocycles. The van der Waals surface area contributed by atoms with E-state index in [0.29, 0.717) is 6.54 Å². The van der Waals surface area contributed by atoms with Crippen molar-refractivity contribution in [1.29, 1.82) is 0 Å². The molecule has 1 unspecified atom stereocenters. The summed E-state index contributed by atoms with van der Waals surface area (Å²) in [6, 6.07) is -0.342. The van der Waals surface area contributed by atoms with Crippen molar-refractivity contribution in [2.75, 3.05) is 13.1 Å². The fourth-order valence-corrected chi connectivity index (χ4v) is 1.30. The van der Waals surface area contributed by atoms with Crippen molar-refractivity contribution in [3.05, 3.63) is 0 Å². The van der Waals surface area contributed by atoms with Crippen molar-refractivity contribution in [3.63, 3.8) is 0 Å². The summed E-state index contributed by atoms with van der Waals surface area (Å²) in [4.78, 5) is 22.8. The van der Waals surface area contributed by atoms with Crippen molar-refractivity contribution in [2.24, 2.45) is 5.73 Å². The van der Waals surface area contributed by atoms with Crippen LogP contribution in [0.15, 0.2) is 0 Å². The predicted octanol–water partition coefficient (Wildman–Crippen LogP) is -0.954. The Bertz CT molecular complexity index is 170. The average Bonchev–Trinajstić information content (AvgIpc) is 2.50. The molecule has 1 aliphatic heterocycles. The van der Waals surface area contributed by atoms with Crippen molar-refractivity contribution in [3.8, 4) is 0 Å².